The lowest BCUT2D eigenvalue weighted by Crippen LogP contribution is -2.32. The minimum absolute atomic E-state index is 0.0806. The molecule has 0 saturated carbocycles. The number of rotatable bonds is 3. The third kappa shape index (κ3) is 1.88. The van der Waals surface area contributed by atoms with Crippen molar-refractivity contribution in [1.82, 2.24) is 10.3 Å². The predicted molar refractivity (Wildman–Crippen MR) is 55.8 cm³/mol. The minimum Gasteiger partial charge on any atom is -0.481 e. The van der Waals surface area contributed by atoms with E-state index in [-0.39, 0.29) is 18.7 Å². The SMILES string of the molecule is O=C(O)CC1(c2ccccn2)CNC(=O)C1. The summed E-state index contributed by atoms with van der Waals surface area (Å²) in [6.45, 7) is 0.342. The predicted octanol–water partition coefficient (Wildman–Crippen LogP) is 0.314. The first kappa shape index (κ1) is 10.6. The highest BCUT2D eigenvalue weighted by Crippen LogP contribution is 2.33. The van der Waals surface area contributed by atoms with E-state index >= 15 is 0 Å². The molecule has 1 fully saturated rings. The molecular weight excluding hydrogens is 208 g/mol. The molecule has 1 aliphatic heterocycles. The van der Waals surface area contributed by atoms with E-state index in [0.717, 1.165) is 0 Å². The van der Waals surface area contributed by atoms with Crippen LogP contribution in [-0.4, -0.2) is 28.5 Å². The second-order valence-electron chi connectivity index (χ2n) is 4.02. The molecule has 2 heterocycles. The first-order valence-corrected chi connectivity index (χ1v) is 5.02. The fourth-order valence-electron chi connectivity index (χ4n) is 2.06. The lowest BCUT2D eigenvalue weighted by molar-refractivity contribution is -0.138. The van der Waals surface area contributed by atoms with Gasteiger partial charge in [-0.3, -0.25) is 14.6 Å². The monoisotopic (exact) mass is 220 g/mol. The van der Waals surface area contributed by atoms with Gasteiger partial charge in [-0.1, -0.05) is 6.07 Å². The van der Waals surface area contributed by atoms with Gasteiger partial charge in [0.25, 0.3) is 0 Å². The second-order valence-corrected chi connectivity index (χ2v) is 4.02. The molecule has 0 spiro atoms. The number of amides is 1. The summed E-state index contributed by atoms with van der Waals surface area (Å²) in [5.74, 6) is -1.03. The molecule has 5 nitrogen and oxygen atoms in total. The zero-order chi connectivity index (χ0) is 11.6. The maximum atomic E-state index is 11.3. The molecule has 1 atom stereocenters. The Balaban J connectivity index is 2.35. The van der Waals surface area contributed by atoms with Gasteiger partial charge >= 0.3 is 5.97 Å². The van der Waals surface area contributed by atoms with Crippen molar-refractivity contribution in [2.24, 2.45) is 0 Å². The van der Waals surface area contributed by atoms with E-state index in [1.54, 1.807) is 24.4 Å². The quantitative estimate of drug-likeness (QED) is 0.768. The Morgan fingerprint density at radius 3 is 2.88 bits per heavy atom. The van der Waals surface area contributed by atoms with Crippen molar-refractivity contribution in [3.8, 4) is 0 Å². The smallest absolute Gasteiger partial charge is 0.304 e. The van der Waals surface area contributed by atoms with Crippen molar-refractivity contribution in [1.29, 1.82) is 0 Å². The highest BCUT2D eigenvalue weighted by molar-refractivity contribution is 5.82. The minimum atomic E-state index is -0.915. The molecule has 1 unspecified atom stereocenters. The van der Waals surface area contributed by atoms with E-state index in [9.17, 15) is 9.59 Å². The summed E-state index contributed by atoms with van der Waals surface area (Å²) in [4.78, 5) is 26.3. The topological polar surface area (TPSA) is 79.3 Å². The zero-order valence-electron chi connectivity index (χ0n) is 8.64. The van der Waals surface area contributed by atoms with Crippen LogP contribution in [0.5, 0.6) is 0 Å². The van der Waals surface area contributed by atoms with Gasteiger partial charge in [0.1, 0.15) is 0 Å². The van der Waals surface area contributed by atoms with Crippen LogP contribution in [0.4, 0.5) is 0 Å². The van der Waals surface area contributed by atoms with E-state index in [1.807, 2.05) is 0 Å². The average molecular weight is 220 g/mol. The van der Waals surface area contributed by atoms with Crippen LogP contribution in [0, 0.1) is 0 Å². The molecule has 0 aromatic carbocycles. The van der Waals surface area contributed by atoms with Gasteiger partial charge in [-0.05, 0) is 12.1 Å². The molecule has 2 N–H and O–H groups in total. The molecular formula is C11H12N2O3. The van der Waals surface area contributed by atoms with Crippen molar-refractivity contribution in [2.75, 3.05) is 6.54 Å². The molecule has 5 heteroatoms. The Morgan fingerprint density at radius 1 is 1.56 bits per heavy atom. The molecule has 16 heavy (non-hydrogen) atoms. The number of hydrogen-bond donors (Lipinski definition) is 2. The molecule has 84 valence electrons. The number of carbonyl (C=O) groups is 2. The molecule has 2 rings (SSSR count). The molecule has 1 amide bonds. The van der Waals surface area contributed by atoms with Crippen LogP contribution in [-0.2, 0) is 15.0 Å². The third-order valence-electron chi connectivity index (χ3n) is 2.82. The summed E-state index contributed by atoms with van der Waals surface area (Å²) >= 11 is 0. The Kier molecular flexibility index (Phi) is 2.60. The number of hydrogen-bond acceptors (Lipinski definition) is 3. The highest BCUT2D eigenvalue weighted by Gasteiger charge is 2.42. The summed E-state index contributed by atoms with van der Waals surface area (Å²) in [6.07, 6.45) is 1.72. The molecule has 1 aromatic rings. The molecule has 0 bridgehead atoms. The van der Waals surface area contributed by atoms with Crippen LogP contribution in [0.1, 0.15) is 18.5 Å². The number of nitrogens with one attached hydrogen (secondary N) is 1. The summed E-state index contributed by atoms with van der Waals surface area (Å²) in [5, 5.41) is 11.6. The van der Waals surface area contributed by atoms with E-state index < -0.39 is 11.4 Å². The van der Waals surface area contributed by atoms with E-state index in [4.69, 9.17) is 5.11 Å². The van der Waals surface area contributed by atoms with Gasteiger partial charge in [-0.25, -0.2) is 0 Å². The first-order valence-electron chi connectivity index (χ1n) is 5.02. The number of carboxylic acid groups (broad SMARTS) is 1. The fourth-order valence-corrected chi connectivity index (χ4v) is 2.06. The average Bonchev–Trinajstić information content (AvgIpc) is 2.62. The number of carboxylic acids is 1. The second kappa shape index (κ2) is 3.92. The van der Waals surface area contributed by atoms with Crippen molar-refractivity contribution in [3.63, 3.8) is 0 Å². The van der Waals surface area contributed by atoms with Gasteiger partial charge in [0.05, 0.1) is 6.42 Å². The maximum absolute atomic E-state index is 11.3. The van der Waals surface area contributed by atoms with E-state index in [1.165, 1.54) is 0 Å². The Bertz CT molecular complexity index is 418. The number of aromatic nitrogens is 1. The summed E-state index contributed by atoms with van der Waals surface area (Å²) < 4.78 is 0. The normalized spacial score (nSPS) is 24.1. The first-order chi connectivity index (χ1) is 7.62. The van der Waals surface area contributed by atoms with Crippen LogP contribution in [0.15, 0.2) is 24.4 Å². The molecule has 1 saturated heterocycles. The van der Waals surface area contributed by atoms with Crippen LogP contribution < -0.4 is 5.32 Å². The van der Waals surface area contributed by atoms with Gasteiger partial charge in [-0.15, -0.1) is 0 Å². The van der Waals surface area contributed by atoms with Gasteiger partial charge in [0, 0.05) is 30.3 Å². The van der Waals surface area contributed by atoms with Crippen LogP contribution in [0.2, 0.25) is 0 Å². The number of carbonyl (C=O) groups excluding carboxylic acids is 1. The molecule has 1 aliphatic rings. The van der Waals surface area contributed by atoms with Crippen molar-refractivity contribution in [2.45, 2.75) is 18.3 Å². The molecule has 0 radical (unpaired) electrons. The Hall–Kier alpha value is -1.91. The number of aliphatic carboxylic acids is 1. The lowest BCUT2D eigenvalue weighted by Gasteiger charge is -2.24. The Morgan fingerprint density at radius 2 is 2.38 bits per heavy atom. The van der Waals surface area contributed by atoms with Gasteiger partial charge < -0.3 is 10.4 Å². The summed E-state index contributed by atoms with van der Waals surface area (Å²) in [5.41, 5.74) is -0.0276. The van der Waals surface area contributed by atoms with E-state index in [2.05, 4.69) is 10.3 Å². The molecule has 1 aromatic heterocycles. The van der Waals surface area contributed by atoms with Crippen LogP contribution in [0.25, 0.3) is 0 Å². The van der Waals surface area contributed by atoms with Gasteiger partial charge in [0.15, 0.2) is 0 Å². The van der Waals surface area contributed by atoms with Crippen LogP contribution >= 0.6 is 0 Å². The van der Waals surface area contributed by atoms with Crippen LogP contribution in [0.3, 0.4) is 0 Å². The number of nitrogens with zero attached hydrogens (tertiary/aromatic N) is 1. The molecule has 0 aliphatic carbocycles. The van der Waals surface area contributed by atoms with Crippen molar-refractivity contribution >= 4 is 11.9 Å². The standard InChI is InChI=1S/C11H12N2O3/c14-9-5-11(7-13-9,6-10(15)16)8-3-1-2-4-12-8/h1-4H,5-7H2,(H,13,14)(H,15,16). The van der Waals surface area contributed by atoms with Gasteiger partial charge in [0.2, 0.25) is 5.91 Å². The van der Waals surface area contributed by atoms with Gasteiger partial charge in [-0.2, -0.15) is 0 Å². The third-order valence-corrected chi connectivity index (χ3v) is 2.82. The van der Waals surface area contributed by atoms with Crippen molar-refractivity contribution < 1.29 is 14.7 Å². The highest BCUT2D eigenvalue weighted by atomic mass is 16.4. The fraction of sp³-hybridized carbons (Fsp3) is 0.364. The Labute approximate surface area is 92.5 Å². The number of pyridine rings is 1. The zero-order valence-corrected chi connectivity index (χ0v) is 8.64. The van der Waals surface area contributed by atoms with E-state index in [0.29, 0.717) is 12.2 Å². The van der Waals surface area contributed by atoms with Crippen molar-refractivity contribution in [3.05, 3.63) is 30.1 Å². The largest absolute Gasteiger partial charge is 0.481 e. The maximum Gasteiger partial charge on any atom is 0.304 e. The summed E-state index contributed by atoms with van der Waals surface area (Å²) in [6, 6.07) is 5.33. The summed E-state index contributed by atoms with van der Waals surface area (Å²) in [7, 11) is 0. The lowest BCUT2D eigenvalue weighted by atomic mass is 9.80.